The van der Waals surface area contributed by atoms with Crippen LogP contribution < -0.4 is 10.4 Å². The first-order valence-corrected chi connectivity index (χ1v) is 9.25. The monoisotopic (exact) mass is 350 g/mol. The van der Waals surface area contributed by atoms with Gasteiger partial charge in [0.15, 0.2) is 0 Å². The molecule has 26 heavy (non-hydrogen) atoms. The lowest BCUT2D eigenvalue weighted by molar-refractivity contribution is -0.118. The van der Waals surface area contributed by atoms with Crippen LogP contribution >= 0.6 is 0 Å². The topological polar surface area (TPSA) is 32.3 Å². The van der Waals surface area contributed by atoms with Gasteiger partial charge in [-0.05, 0) is 73.9 Å². The van der Waals surface area contributed by atoms with Gasteiger partial charge in [0.1, 0.15) is 5.82 Å². The number of aryl methyl sites for hydroxylation is 1. The maximum atomic E-state index is 13.6. The SMILES string of the molecule is Cc1cc(F)ccc1N1NC(=O)C2=C(CCCC2)C1Cc1ccccc1. The molecule has 0 aromatic heterocycles. The zero-order valence-electron chi connectivity index (χ0n) is 15.0. The summed E-state index contributed by atoms with van der Waals surface area (Å²) in [4.78, 5) is 12.7. The molecular formula is C22H23FN2O. The minimum Gasteiger partial charge on any atom is -0.278 e. The highest BCUT2D eigenvalue weighted by atomic mass is 19.1. The lowest BCUT2D eigenvalue weighted by Crippen LogP contribution is -2.56. The molecule has 4 heteroatoms. The Hall–Kier alpha value is -2.62. The van der Waals surface area contributed by atoms with Crippen molar-refractivity contribution in [3.63, 3.8) is 0 Å². The molecule has 1 N–H and O–H groups in total. The van der Waals surface area contributed by atoms with Crippen LogP contribution in [-0.2, 0) is 11.2 Å². The predicted octanol–water partition coefficient (Wildman–Crippen LogP) is 4.47. The molecule has 1 aliphatic carbocycles. The maximum Gasteiger partial charge on any atom is 0.265 e. The second kappa shape index (κ2) is 6.94. The molecule has 0 bridgehead atoms. The van der Waals surface area contributed by atoms with E-state index in [2.05, 4.69) is 17.6 Å². The van der Waals surface area contributed by atoms with Crippen LogP contribution in [0.25, 0.3) is 0 Å². The van der Waals surface area contributed by atoms with Gasteiger partial charge in [-0.1, -0.05) is 30.3 Å². The van der Waals surface area contributed by atoms with Crippen molar-refractivity contribution in [3.8, 4) is 0 Å². The zero-order chi connectivity index (χ0) is 18.1. The van der Waals surface area contributed by atoms with Gasteiger partial charge >= 0.3 is 0 Å². The van der Waals surface area contributed by atoms with Gasteiger partial charge in [-0.25, -0.2) is 4.39 Å². The smallest absolute Gasteiger partial charge is 0.265 e. The largest absolute Gasteiger partial charge is 0.278 e. The van der Waals surface area contributed by atoms with Gasteiger partial charge < -0.3 is 0 Å². The minimum absolute atomic E-state index is 0.00673. The Labute approximate surface area is 153 Å². The Morgan fingerprint density at radius 1 is 1.12 bits per heavy atom. The van der Waals surface area contributed by atoms with Crippen LogP contribution in [0.3, 0.4) is 0 Å². The van der Waals surface area contributed by atoms with E-state index in [0.29, 0.717) is 0 Å². The van der Waals surface area contributed by atoms with Crippen molar-refractivity contribution in [2.24, 2.45) is 0 Å². The van der Waals surface area contributed by atoms with Crippen molar-refractivity contribution >= 4 is 11.6 Å². The maximum absolute atomic E-state index is 13.6. The van der Waals surface area contributed by atoms with Gasteiger partial charge in [0.25, 0.3) is 5.91 Å². The Bertz CT molecular complexity index is 860. The first kappa shape index (κ1) is 16.8. The summed E-state index contributed by atoms with van der Waals surface area (Å²) in [6, 6.07) is 15.1. The molecule has 0 radical (unpaired) electrons. The number of hydrazine groups is 1. The van der Waals surface area contributed by atoms with Gasteiger partial charge in [0.05, 0.1) is 11.7 Å². The van der Waals surface area contributed by atoms with Gasteiger partial charge in [-0.15, -0.1) is 0 Å². The third kappa shape index (κ3) is 3.12. The molecule has 2 aromatic carbocycles. The van der Waals surface area contributed by atoms with Crippen molar-refractivity contribution in [3.05, 3.63) is 76.6 Å². The van der Waals surface area contributed by atoms with E-state index < -0.39 is 0 Å². The number of carbonyl (C=O) groups excluding carboxylic acids is 1. The Morgan fingerprint density at radius 3 is 2.65 bits per heavy atom. The fourth-order valence-electron chi connectivity index (χ4n) is 4.14. The molecule has 3 nitrogen and oxygen atoms in total. The molecule has 2 aliphatic rings. The fourth-order valence-corrected chi connectivity index (χ4v) is 4.14. The van der Waals surface area contributed by atoms with E-state index in [0.717, 1.165) is 48.9 Å². The van der Waals surface area contributed by atoms with E-state index in [4.69, 9.17) is 0 Å². The van der Waals surface area contributed by atoms with Crippen LogP contribution in [0.1, 0.15) is 36.8 Å². The van der Waals surface area contributed by atoms with Crippen LogP contribution in [0, 0.1) is 12.7 Å². The number of rotatable bonds is 3. The molecule has 134 valence electrons. The summed E-state index contributed by atoms with van der Waals surface area (Å²) in [5, 5.41) is 1.95. The number of benzene rings is 2. The van der Waals surface area contributed by atoms with Crippen LogP contribution in [-0.4, -0.2) is 11.9 Å². The number of hydrogen-bond acceptors (Lipinski definition) is 2. The lowest BCUT2D eigenvalue weighted by Gasteiger charge is -2.42. The molecule has 0 fully saturated rings. The van der Waals surface area contributed by atoms with Crippen molar-refractivity contribution in [2.45, 2.75) is 45.1 Å². The first-order valence-electron chi connectivity index (χ1n) is 9.25. The number of halogens is 1. The molecule has 1 amide bonds. The Kier molecular flexibility index (Phi) is 4.49. The van der Waals surface area contributed by atoms with Crippen LogP contribution in [0.2, 0.25) is 0 Å². The lowest BCUT2D eigenvalue weighted by atomic mass is 9.83. The summed E-state index contributed by atoms with van der Waals surface area (Å²) in [6.07, 6.45) is 4.81. The summed E-state index contributed by atoms with van der Waals surface area (Å²) in [7, 11) is 0. The van der Waals surface area contributed by atoms with Crippen LogP contribution in [0.5, 0.6) is 0 Å². The average Bonchev–Trinajstić information content (AvgIpc) is 2.65. The van der Waals surface area contributed by atoms with Crippen molar-refractivity contribution < 1.29 is 9.18 Å². The normalized spacial score (nSPS) is 20.0. The van der Waals surface area contributed by atoms with E-state index in [-0.39, 0.29) is 17.8 Å². The molecule has 0 saturated heterocycles. The molecule has 1 aliphatic heterocycles. The standard InChI is InChI=1S/C22H23FN2O/c1-15-13-17(23)11-12-20(15)25-21(14-16-7-3-2-4-8-16)18-9-5-6-10-19(18)22(26)24-25/h2-4,7-8,11-13,21H,5-6,9-10,14H2,1H3,(H,24,26). The first-order chi connectivity index (χ1) is 12.6. The van der Waals surface area contributed by atoms with E-state index in [1.54, 1.807) is 6.07 Å². The molecule has 4 rings (SSSR count). The van der Waals surface area contributed by atoms with Crippen molar-refractivity contribution in [1.82, 2.24) is 5.43 Å². The molecule has 1 heterocycles. The van der Waals surface area contributed by atoms with Gasteiger partial charge in [0, 0.05) is 5.57 Å². The van der Waals surface area contributed by atoms with Gasteiger partial charge in [-0.3, -0.25) is 15.2 Å². The molecule has 1 atom stereocenters. The highest BCUT2D eigenvalue weighted by Crippen LogP contribution is 2.36. The molecule has 1 unspecified atom stereocenters. The number of anilines is 1. The number of hydrogen-bond donors (Lipinski definition) is 1. The summed E-state index contributed by atoms with van der Waals surface area (Å²) >= 11 is 0. The number of nitrogens with zero attached hydrogens (tertiary/aromatic N) is 1. The van der Waals surface area contributed by atoms with E-state index in [9.17, 15) is 9.18 Å². The van der Waals surface area contributed by atoms with Gasteiger partial charge in [-0.2, -0.15) is 0 Å². The van der Waals surface area contributed by atoms with Crippen molar-refractivity contribution in [2.75, 3.05) is 5.01 Å². The number of nitrogens with one attached hydrogen (secondary N) is 1. The summed E-state index contributed by atoms with van der Waals surface area (Å²) in [5.41, 5.74) is 8.19. The van der Waals surface area contributed by atoms with E-state index >= 15 is 0 Å². The Morgan fingerprint density at radius 2 is 1.88 bits per heavy atom. The highest BCUT2D eigenvalue weighted by molar-refractivity contribution is 5.97. The van der Waals surface area contributed by atoms with E-state index in [1.807, 2.05) is 30.1 Å². The molecule has 2 aromatic rings. The van der Waals surface area contributed by atoms with Crippen molar-refractivity contribution in [1.29, 1.82) is 0 Å². The highest BCUT2D eigenvalue weighted by Gasteiger charge is 2.35. The molecular weight excluding hydrogens is 327 g/mol. The summed E-state index contributed by atoms with van der Waals surface area (Å²) in [6.45, 7) is 1.88. The summed E-state index contributed by atoms with van der Waals surface area (Å²) in [5.74, 6) is -0.264. The average molecular weight is 350 g/mol. The number of amides is 1. The quantitative estimate of drug-likeness (QED) is 0.886. The molecule has 0 spiro atoms. The second-order valence-electron chi connectivity index (χ2n) is 7.16. The Balaban J connectivity index is 1.78. The summed E-state index contributed by atoms with van der Waals surface area (Å²) < 4.78 is 13.6. The second-order valence-corrected chi connectivity index (χ2v) is 7.16. The molecule has 0 saturated carbocycles. The predicted molar refractivity (Wildman–Crippen MR) is 101 cm³/mol. The van der Waals surface area contributed by atoms with Crippen LogP contribution in [0.15, 0.2) is 59.7 Å². The van der Waals surface area contributed by atoms with Crippen LogP contribution in [0.4, 0.5) is 10.1 Å². The van der Waals surface area contributed by atoms with E-state index in [1.165, 1.54) is 23.3 Å². The fraction of sp³-hybridized carbons (Fsp3) is 0.318. The van der Waals surface area contributed by atoms with Gasteiger partial charge in [0.2, 0.25) is 0 Å². The zero-order valence-corrected chi connectivity index (χ0v) is 15.0. The third-order valence-corrected chi connectivity index (χ3v) is 5.41. The third-order valence-electron chi connectivity index (χ3n) is 5.41. The minimum atomic E-state index is -0.258. The number of carbonyl (C=O) groups is 1.